The van der Waals surface area contributed by atoms with E-state index in [9.17, 15) is 9.18 Å². The highest BCUT2D eigenvalue weighted by molar-refractivity contribution is 6.30. The Balaban J connectivity index is 1.67. The van der Waals surface area contributed by atoms with Gasteiger partial charge in [-0.05, 0) is 42.3 Å². The van der Waals surface area contributed by atoms with E-state index in [0.29, 0.717) is 13.2 Å². The molecule has 0 aliphatic carbocycles. The lowest BCUT2D eigenvalue weighted by molar-refractivity contribution is 0.0921. The predicted octanol–water partition coefficient (Wildman–Crippen LogP) is 2.86. The summed E-state index contributed by atoms with van der Waals surface area (Å²) >= 11 is 5.71. The van der Waals surface area contributed by atoms with Crippen molar-refractivity contribution in [3.63, 3.8) is 0 Å². The summed E-state index contributed by atoms with van der Waals surface area (Å²) in [5.74, 6) is -0.925. The van der Waals surface area contributed by atoms with Crippen LogP contribution in [0, 0.1) is 11.7 Å². The van der Waals surface area contributed by atoms with Gasteiger partial charge in [-0.15, -0.1) is 0 Å². The van der Waals surface area contributed by atoms with Gasteiger partial charge in [0.15, 0.2) is 0 Å². The molecule has 0 spiro atoms. The van der Waals surface area contributed by atoms with Crippen LogP contribution in [0.1, 0.15) is 15.9 Å². The number of rotatable bonds is 4. The van der Waals surface area contributed by atoms with Crippen molar-refractivity contribution >= 4 is 17.5 Å². The Morgan fingerprint density at radius 2 is 2.09 bits per heavy atom. The zero-order valence-electron chi connectivity index (χ0n) is 12.3. The molecule has 4 nitrogen and oxygen atoms in total. The third-order valence-corrected chi connectivity index (χ3v) is 4.17. The van der Waals surface area contributed by atoms with Crippen molar-refractivity contribution in [2.75, 3.05) is 13.2 Å². The van der Waals surface area contributed by atoms with Gasteiger partial charge in [-0.2, -0.15) is 0 Å². The van der Waals surface area contributed by atoms with Crippen molar-refractivity contribution in [2.45, 2.75) is 12.5 Å². The largest absolute Gasteiger partial charge is 0.379 e. The van der Waals surface area contributed by atoms with Gasteiger partial charge in [-0.25, -0.2) is 4.39 Å². The third kappa shape index (κ3) is 3.86. The number of ether oxygens (including phenoxy) is 1. The number of aromatic nitrogens is 1. The van der Waals surface area contributed by atoms with Crippen LogP contribution in [0.4, 0.5) is 4.39 Å². The Bertz CT molecular complexity index is 696. The number of nitrogens with one attached hydrogen (secondary N) is 1. The first-order valence-electron chi connectivity index (χ1n) is 7.36. The maximum Gasteiger partial charge on any atom is 0.254 e. The molecule has 0 saturated carbocycles. The summed E-state index contributed by atoms with van der Waals surface area (Å²) in [6.07, 6.45) is 4.25. The fourth-order valence-electron chi connectivity index (χ4n) is 2.70. The molecule has 1 aromatic carbocycles. The number of hydrogen-bond acceptors (Lipinski definition) is 3. The van der Waals surface area contributed by atoms with Gasteiger partial charge in [0.2, 0.25) is 0 Å². The summed E-state index contributed by atoms with van der Waals surface area (Å²) in [5.41, 5.74) is 1.12. The van der Waals surface area contributed by atoms with Gasteiger partial charge in [0.25, 0.3) is 5.91 Å². The molecule has 1 amide bonds. The average Bonchev–Trinajstić information content (AvgIpc) is 2.95. The highest BCUT2D eigenvalue weighted by Gasteiger charge is 2.30. The maximum atomic E-state index is 13.8. The number of hydrogen-bond donors (Lipinski definition) is 1. The van der Waals surface area contributed by atoms with Crippen LogP contribution in [0.25, 0.3) is 0 Å². The topological polar surface area (TPSA) is 51.2 Å². The van der Waals surface area contributed by atoms with Gasteiger partial charge in [-0.3, -0.25) is 9.78 Å². The summed E-state index contributed by atoms with van der Waals surface area (Å²) in [7, 11) is 0. The SMILES string of the molecule is O=C(N[C@H]1COC[C@H]1Cc1ccncc1)c1ccc(Cl)cc1F. The van der Waals surface area contributed by atoms with E-state index in [1.807, 2.05) is 12.1 Å². The highest BCUT2D eigenvalue weighted by atomic mass is 35.5. The van der Waals surface area contributed by atoms with E-state index >= 15 is 0 Å². The van der Waals surface area contributed by atoms with E-state index < -0.39 is 11.7 Å². The molecule has 1 N–H and O–H groups in total. The molecule has 1 fully saturated rings. The Morgan fingerprint density at radius 1 is 1.30 bits per heavy atom. The molecule has 3 rings (SSSR count). The van der Waals surface area contributed by atoms with Crippen LogP contribution >= 0.6 is 11.6 Å². The van der Waals surface area contributed by atoms with Gasteiger partial charge in [-0.1, -0.05) is 11.6 Å². The van der Waals surface area contributed by atoms with E-state index in [1.165, 1.54) is 12.1 Å². The molecule has 0 bridgehead atoms. The standard InChI is InChI=1S/C17H16ClFN2O2/c18-13-1-2-14(15(19)8-13)17(22)21-16-10-23-9-12(16)7-11-3-5-20-6-4-11/h1-6,8,12,16H,7,9-10H2,(H,21,22)/t12-,16+/m1/s1. The van der Waals surface area contributed by atoms with E-state index in [0.717, 1.165) is 18.1 Å². The summed E-state index contributed by atoms with van der Waals surface area (Å²) < 4.78 is 19.3. The second-order valence-corrected chi connectivity index (χ2v) is 6.00. The molecule has 1 aliphatic rings. The van der Waals surface area contributed by atoms with Crippen LogP contribution < -0.4 is 5.32 Å². The number of nitrogens with zero attached hydrogens (tertiary/aromatic N) is 1. The van der Waals surface area contributed by atoms with Crippen molar-refractivity contribution in [1.82, 2.24) is 10.3 Å². The Morgan fingerprint density at radius 3 is 2.83 bits per heavy atom. The highest BCUT2D eigenvalue weighted by Crippen LogP contribution is 2.20. The van der Waals surface area contributed by atoms with Crippen molar-refractivity contribution < 1.29 is 13.9 Å². The molecule has 120 valence electrons. The van der Waals surface area contributed by atoms with Crippen LogP contribution in [0.5, 0.6) is 0 Å². The minimum Gasteiger partial charge on any atom is -0.379 e. The van der Waals surface area contributed by atoms with Gasteiger partial charge in [0.1, 0.15) is 5.82 Å². The third-order valence-electron chi connectivity index (χ3n) is 3.94. The Labute approximate surface area is 138 Å². The van der Waals surface area contributed by atoms with Crippen LogP contribution in [-0.2, 0) is 11.2 Å². The lowest BCUT2D eigenvalue weighted by atomic mass is 9.95. The summed E-state index contributed by atoms with van der Waals surface area (Å²) in [4.78, 5) is 16.3. The fraction of sp³-hybridized carbons (Fsp3) is 0.294. The normalized spacial score (nSPS) is 20.4. The summed E-state index contributed by atoms with van der Waals surface area (Å²) in [6.45, 7) is 0.993. The van der Waals surface area contributed by atoms with Crippen LogP contribution in [0.3, 0.4) is 0 Å². The lowest BCUT2D eigenvalue weighted by Crippen LogP contribution is -2.40. The smallest absolute Gasteiger partial charge is 0.254 e. The first-order valence-corrected chi connectivity index (χ1v) is 7.74. The van der Waals surface area contributed by atoms with Crippen molar-refractivity contribution in [3.05, 3.63) is 64.7 Å². The number of pyridine rings is 1. The molecule has 1 saturated heterocycles. The number of carbonyl (C=O) groups excluding carboxylic acids is 1. The minimum absolute atomic E-state index is 0.0102. The van der Waals surface area contributed by atoms with Crippen LogP contribution in [-0.4, -0.2) is 30.1 Å². The molecule has 23 heavy (non-hydrogen) atoms. The zero-order chi connectivity index (χ0) is 16.2. The van der Waals surface area contributed by atoms with E-state index in [2.05, 4.69) is 10.3 Å². The summed E-state index contributed by atoms with van der Waals surface area (Å²) in [5, 5.41) is 3.13. The molecule has 1 aliphatic heterocycles. The number of carbonyl (C=O) groups is 1. The molecular formula is C17H16ClFN2O2. The number of amides is 1. The molecule has 0 unspecified atom stereocenters. The quantitative estimate of drug-likeness (QED) is 0.935. The van der Waals surface area contributed by atoms with Gasteiger partial charge in [0.05, 0.1) is 24.8 Å². The van der Waals surface area contributed by atoms with Crippen LogP contribution in [0.2, 0.25) is 5.02 Å². The molecule has 1 aromatic heterocycles. The average molecular weight is 335 g/mol. The lowest BCUT2D eigenvalue weighted by Gasteiger charge is -2.19. The second-order valence-electron chi connectivity index (χ2n) is 5.56. The second kappa shape index (κ2) is 7.06. The summed E-state index contributed by atoms with van der Waals surface area (Å²) in [6, 6.07) is 7.76. The maximum absolute atomic E-state index is 13.8. The van der Waals surface area contributed by atoms with Crippen molar-refractivity contribution in [2.24, 2.45) is 5.92 Å². The van der Waals surface area contributed by atoms with Gasteiger partial charge < -0.3 is 10.1 Å². The van der Waals surface area contributed by atoms with Crippen molar-refractivity contribution in [3.8, 4) is 0 Å². The number of benzene rings is 1. The molecule has 2 aromatic rings. The van der Waals surface area contributed by atoms with Gasteiger partial charge in [0, 0.05) is 23.3 Å². The zero-order valence-corrected chi connectivity index (χ0v) is 13.1. The molecule has 2 heterocycles. The fourth-order valence-corrected chi connectivity index (χ4v) is 2.86. The molecule has 6 heteroatoms. The van der Waals surface area contributed by atoms with E-state index in [1.54, 1.807) is 12.4 Å². The van der Waals surface area contributed by atoms with E-state index in [4.69, 9.17) is 16.3 Å². The Kier molecular flexibility index (Phi) is 4.88. The number of halogens is 2. The molecular weight excluding hydrogens is 319 g/mol. The minimum atomic E-state index is -0.625. The first-order chi connectivity index (χ1) is 11.1. The van der Waals surface area contributed by atoms with Gasteiger partial charge >= 0.3 is 0 Å². The first kappa shape index (κ1) is 15.9. The van der Waals surface area contributed by atoms with Crippen molar-refractivity contribution in [1.29, 1.82) is 0 Å². The van der Waals surface area contributed by atoms with E-state index in [-0.39, 0.29) is 22.5 Å². The van der Waals surface area contributed by atoms with Crippen LogP contribution in [0.15, 0.2) is 42.7 Å². The Hall–Kier alpha value is -1.98. The molecule has 0 radical (unpaired) electrons. The predicted molar refractivity (Wildman–Crippen MR) is 84.9 cm³/mol. The molecule has 2 atom stereocenters. The monoisotopic (exact) mass is 334 g/mol.